The van der Waals surface area contributed by atoms with Crippen LogP contribution in [0.4, 0.5) is 0 Å². The molecule has 0 saturated carbocycles. The zero-order valence-corrected chi connectivity index (χ0v) is 12.4. The van der Waals surface area contributed by atoms with E-state index in [1.807, 2.05) is 7.05 Å². The average molecular weight is 262 g/mol. The zero-order valence-electron chi connectivity index (χ0n) is 12.4. The molecule has 4 heteroatoms. The number of nitrogens with one attached hydrogen (secondary N) is 1. The molecule has 0 unspecified atom stereocenters. The Hall–Kier alpha value is -1.00. The van der Waals surface area contributed by atoms with Gasteiger partial charge in [-0.05, 0) is 66.0 Å². The van der Waals surface area contributed by atoms with E-state index in [4.69, 9.17) is 4.98 Å². The number of aromatic nitrogens is 2. The van der Waals surface area contributed by atoms with Crippen molar-refractivity contribution in [2.24, 2.45) is 0 Å². The molecule has 0 bridgehead atoms. The molecule has 0 aliphatic carbocycles. The van der Waals surface area contributed by atoms with Crippen molar-refractivity contribution in [2.75, 3.05) is 33.7 Å². The molecule has 0 aromatic carbocycles. The van der Waals surface area contributed by atoms with Crippen molar-refractivity contribution in [1.29, 1.82) is 0 Å². The number of hydrogen-bond acceptors (Lipinski definition) is 4. The molecule has 0 amide bonds. The smallest absolute Gasteiger partial charge is 0.128 e. The molecule has 1 aliphatic heterocycles. The largest absolute Gasteiger partial charge is 0.320 e. The van der Waals surface area contributed by atoms with Crippen LogP contribution in [0, 0.1) is 6.92 Å². The molecule has 4 nitrogen and oxygen atoms in total. The fourth-order valence-electron chi connectivity index (χ4n) is 2.70. The van der Waals surface area contributed by atoms with Crippen molar-refractivity contribution in [3.8, 4) is 0 Å². The average Bonchev–Trinajstić information content (AvgIpc) is 2.39. The maximum absolute atomic E-state index is 4.80. The molecule has 2 heterocycles. The van der Waals surface area contributed by atoms with Gasteiger partial charge in [0, 0.05) is 23.7 Å². The third kappa shape index (κ3) is 4.25. The summed E-state index contributed by atoms with van der Waals surface area (Å²) in [6, 6.07) is 2.18. The molecule has 0 radical (unpaired) electrons. The van der Waals surface area contributed by atoms with E-state index in [0.29, 0.717) is 5.92 Å². The van der Waals surface area contributed by atoms with E-state index >= 15 is 0 Å². The number of hydrogen-bond donors (Lipinski definition) is 1. The van der Waals surface area contributed by atoms with Gasteiger partial charge < -0.3 is 10.2 Å². The van der Waals surface area contributed by atoms with Crippen molar-refractivity contribution in [3.63, 3.8) is 0 Å². The van der Waals surface area contributed by atoms with E-state index in [1.54, 1.807) is 0 Å². The number of aryl methyl sites for hydroxylation is 2. The molecule has 1 fully saturated rings. The molecular weight excluding hydrogens is 236 g/mol. The Morgan fingerprint density at radius 1 is 1.32 bits per heavy atom. The zero-order chi connectivity index (χ0) is 13.7. The minimum atomic E-state index is 0.626. The Morgan fingerprint density at radius 2 is 2.05 bits per heavy atom. The Kier molecular flexibility index (Phi) is 5.28. The summed E-state index contributed by atoms with van der Waals surface area (Å²) in [6.45, 7) is 5.48. The van der Waals surface area contributed by atoms with Crippen molar-refractivity contribution in [2.45, 2.75) is 38.5 Å². The van der Waals surface area contributed by atoms with Gasteiger partial charge >= 0.3 is 0 Å². The summed E-state index contributed by atoms with van der Waals surface area (Å²) in [7, 11) is 4.19. The molecule has 2 rings (SSSR count). The second-order valence-corrected chi connectivity index (χ2v) is 5.64. The standard InChI is InChI=1S/C15H26N4/c1-12-11-14(13-6-9-19(3)10-7-13)18-15(17-12)5-4-8-16-2/h11,13,16H,4-10H2,1-3H3. The van der Waals surface area contributed by atoms with Crippen LogP contribution in [0.1, 0.15) is 42.4 Å². The van der Waals surface area contributed by atoms with E-state index in [2.05, 4.69) is 35.2 Å². The van der Waals surface area contributed by atoms with Crippen LogP contribution in [0.15, 0.2) is 6.07 Å². The van der Waals surface area contributed by atoms with Gasteiger partial charge in [0.15, 0.2) is 0 Å². The topological polar surface area (TPSA) is 41.1 Å². The number of rotatable bonds is 5. The monoisotopic (exact) mass is 262 g/mol. The van der Waals surface area contributed by atoms with E-state index in [-0.39, 0.29) is 0 Å². The number of nitrogens with zero attached hydrogens (tertiary/aromatic N) is 3. The first kappa shape index (κ1) is 14.4. The summed E-state index contributed by atoms with van der Waals surface area (Å²) < 4.78 is 0. The van der Waals surface area contributed by atoms with Gasteiger partial charge in [-0.1, -0.05) is 0 Å². The van der Waals surface area contributed by atoms with Crippen molar-refractivity contribution < 1.29 is 0 Å². The van der Waals surface area contributed by atoms with Gasteiger partial charge in [0.25, 0.3) is 0 Å². The normalized spacial score (nSPS) is 17.8. The van der Waals surface area contributed by atoms with Crippen molar-refractivity contribution in [1.82, 2.24) is 20.2 Å². The van der Waals surface area contributed by atoms with Crippen LogP contribution >= 0.6 is 0 Å². The summed E-state index contributed by atoms with van der Waals surface area (Å²) in [5, 5.41) is 3.17. The highest BCUT2D eigenvalue weighted by Gasteiger charge is 2.20. The number of likely N-dealkylation sites (tertiary alicyclic amines) is 1. The van der Waals surface area contributed by atoms with Crippen LogP contribution in [0.5, 0.6) is 0 Å². The highest BCUT2D eigenvalue weighted by atomic mass is 15.1. The fourth-order valence-corrected chi connectivity index (χ4v) is 2.70. The Bertz CT molecular complexity index is 397. The second-order valence-electron chi connectivity index (χ2n) is 5.64. The first-order chi connectivity index (χ1) is 9.19. The lowest BCUT2D eigenvalue weighted by Gasteiger charge is -2.28. The lowest BCUT2D eigenvalue weighted by molar-refractivity contribution is 0.253. The van der Waals surface area contributed by atoms with Crippen molar-refractivity contribution in [3.05, 3.63) is 23.3 Å². The van der Waals surface area contributed by atoms with Crippen LogP contribution in [-0.2, 0) is 6.42 Å². The molecule has 1 saturated heterocycles. The van der Waals surface area contributed by atoms with Crippen LogP contribution in [0.25, 0.3) is 0 Å². The molecular formula is C15H26N4. The summed E-state index contributed by atoms with van der Waals surface area (Å²) in [5.74, 6) is 1.64. The Labute approximate surface area is 116 Å². The maximum atomic E-state index is 4.80. The predicted molar refractivity (Wildman–Crippen MR) is 78.5 cm³/mol. The molecule has 19 heavy (non-hydrogen) atoms. The lowest BCUT2D eigenvalue weighted by atomic mass is 9.93. The van der Waals surface area contributed by atoms with Crippen LogP contribution < -0.4 is 5.32 Å². The van der Waals surface area contributed by atoms with Crippen LogP contribution in [0.3, 0.4) is 0 Å². The second kappa shape index (κ2) is 6.96. The molecule has 0 spiro atoms. The minimum absolute atomic E-state index is 0.626. The van der Waals surface area contributed by atoms with Gasteiger partial charge in [-0.25, -0.2) is 9.97 Å². The van der Waals surface area contributed by atoms with E-state index < -0.39 is 0 Å². The number of piperidine rings is 1. The van der Waals surface area contributed by atoms with Gasteiger partial charge in [0.05, 0.1) is 0 Å². The first-order valence-electron chi connectivity index (χ1n) is 7.36. The molecule has 1 aliphatic rings. The summed E-state index contributed by atoms with van der Waals surface area (Å²) >= 11 is 0. The van der Waals surface area contributed by atoms with Crippen LogP contribution in [0.2, 0.25) is 0 Å². The SMILES string of the molecule is CNCCCc1nc(C)cc(C2CCN(C)CC2)n1. The fraction of sp³-hybridized carbons (Fsp3) is 0.733. The highest BCUT2D eigenvalue weighted by Crippen LogP contribution is 2.26. The Morgan fingerprint density at radius 3 is 2.74 bits per heavy atom. The van der Waals surface area contributed by atoms with E-state index in [0.717, 1.165) is 30.9 Å². The maximum Gasteiger partial charge on any atom is 0.128 e. The van der Waals surface area contributed by atoms with E-state index in [9.17, 15) is 0 Å². The van der Waals surface area contributed by atoms with Gasteiger partial charge in [-0.3, -0.25) is 0 Å². The first-order valence-corrected chi connectivity index (χ1v) is 7.36. The minimum Gasteiger partial charge on any atom is -0.320 e. The van der Waals surface area contributed by atoms with Gasteiger partial charge in [0.1, 0.15) is 5.82 Å². The van der Waals surface area contributed by atoms with Gasteiger partial charge in [-0.2, -0.15) is 0 Å². The van der Waals surface area contributed by atoms with Gasteiger partial charge in [-0.15, -0.1) is 0 Å². The van der Waals surface area contributed by atoms with E-state index in [1.165, 1.54) is 31.6 Å². The molecule has 0 atom stereocenters. The molecule has 1 N–H and O–H groups in total. The van der Waals surface area contributed by atoms with Crippen LogP contribution in [-0.4, -0.2) is 48.6 Å². The molecule has 1 aromatic rings. The quantitative estimate of drug-likeness (QED) is 0.821. The predicted octanol–water partition coefficient (Wildman–Crippen LogP) is 1.75. The lowest BCUT2D eigenvalue weighted by Crippen LogP contribution is -2.29. The molecule has 1 aromatic heterocycles. The summed E-state index contributed by atoms with van der Waals surface area (Å²) in [5.41, 5.74) is 2.38. The van der Waals surface area contributed by atoms with Gasteiger partial charge in [0.2, 0.25) is 0 Å². The Balaban J connectivity index is 2.03. The third-order valence-corrected chi connectivity index (χ3v) is 3.88. The summed E-state index contributed by atoms with van der Waals surface area (Å²) in [6.07, 6.45) is 4.53. The summed E-state index contributed by atoms with van der Waals surface area (Å²) in [4.78, 5) is 11.8. The molecule has 106 valence electrons. The highest BCUT2D eigenvalue weighted by molar-refractivity contribution is 5.15. The third-order valence-electron chi connectivity index (χ3n) is 3.88. The van der Waals surface area contributed by atoms with Crippen molar-refractivity contribution >= 4 is 0 Å².